The van der Waals surface area contributed by atoms with Crippen molar-refractivity contribution in [2.45, 2.75) is 26.8 Å². The molecular formula is C15H16ClN5O2. The molecule has 1 aromatic heterocycles. The van der Waals surface area contributed by atoms with Gasteiger partial charge in [-0.2, -0.15) is 10.1 Å². The van der Waals surface area contributed by atoms with E-state index in [-0.39, 0.29) is 18.2 Å². The van der Waals surface area contributed by atoms with Crippen molar-refractivity contribution in [2.75, 3.05) is 10.6 Å². The highest BCUT2D eigenvalue weighted by molar-refractivity contribution is 6.31. The van der Waals surface area contributed by atoms with Gasteiger partial charge in [0.25, 0.3) is 0 Å². The van der Waals surface area contributed by atoms with Crippen LogP contribution in [0.4, 0.5) is 11.6 Å². The highest BCUT2D eigenvalue weighted by Gasteiger charge is 2.30. The standard InChI is InChI=1S/C15H16ClN5O2/c1-8-11(16)4-3-5-12(8)18-13(22)6-10-7-21-15(19-14(10)23)17-9(2)20-21/h3-5,10H,6-7H2,1-2H3,(H,18,22)(H,17,19,20,23). The molecule has 0 aliphatic carbocycles. The lowest BCUT2D eigenvalue weighted by Gasteiger charge is -2.21. The van der Waals surface area contributed by atoms with Crippen molar-refractivity contribution in [2.24, 2.45) is 5.92 Å². The Balaban J connectivity index is 1.68. The summed E-state index contributed by atoms with van der Waals surface area (Å²) in [5.41, 5.74) is 1.45. The van der Waals surface area contributed by atoms with E-state index in [0.717, 1.165) is 5.56 Å². The van der Waals surface area contributed by atoms with Gasteiger partial charge in [-0.15, -0.1) is 0 Å². The highest BCUT2D eigenvalue weighted by Crippen LogP contribution is 2.24. The third kappa shape index (κ3) is 3.19. The number of halogens is 1. The number of hydrogen-bond acceptors (Lipinski definition) is 4. The average Bonchev–Trinajstić information content (AvgIpc) is 2.83. The smallest absolute Gasteiger partial charge is 0.232 e. The average molecular weight is 334 g/mol. The first-order valence-corrected chi connectivity index (χ1v) is 7.59. The van der Waals surface area contributed by atoms with E-state index in [4.69, 9.17) is 11.6 Å². The Morgan fingerprint density at radius 1 is 1.48 bits per heavy atom. The SMILES string of the molecule is Cc1nc2n(n1)CC(CC(=O)Nc1cccc(Cl)c1C)C(=O)N2. The second kappa shape index (κ2) is 6.00. The highest BCUT2D eigenvalue weighted by atomic mass is 35.5. The summed E-state index contributed by atoms with van der Waals surface area (Å²) in [7, 11) is 0. The predicted octanol–water partition coefficient (Wildman–Crippen LogP) is 2.15. The molecule has 1 atom stereocenters. The largest absolute Gasteiger partial charge is 0.326 e. The summed E-state index contributed by atoms with van der Waals surface area (Å²) in [6, 6.07) is 5.30. The van der Waals surface area contributed by atoms with Crippen LogP contribution >= 0.6 is 11.6 Å². The summed E-state index contributed by atoms with van der Waals surface area (Å²) in [5, 5.41) is 10.2. The van der Waals surface area contributed by atoms with Gasteiger partial charge >= 0.3 is 0 Å². The number of aromatic nitrogens is 3. The second-order valence-electron chi connectivity index (χ2n) is 5.52. The molecule has 0 radical (unpaired) electrons. The van der Waals surface area contributed by atoms with Crippen LogP contribution in [0.15, 0.2) is 18.2 Å². The maximum Gasteiger partial charge on any atom is 0.232 e. The summed E-state index contributed by atoms with van der Waals surface area (Å²) < 4.78 is 1.61. The number of amides is 2. The molecule has 1 aliphatic rings. The maximum atomic E-state index is 12.2. The van der Waals surface area contributed by atoms with E-state index in [1.807, 2.05) is 6.92 Å². The van der Waals surface area contributed by atoms with Crippen LogP contribution in [0.2, 0.25) is 5.02 Å². The lowest BCUT2D eigenvalue weighted by molar-refractivity contribution is -0.126. The molecule has 2 amide bonds. The number of carbonyl (C=O) groups is 2. The molecule has 2 heterocycles. The van der Waals surface area contributed by atoms with E-state index in [1.165, 1.54) is 0 Å². The Bertz CT molecular complexity index is 786. The first-order chi connectivity index (χ1) is 10.9. The summed E-state index contributed by atoms with van der Waals surface area (Å²) in [6.45, 7) is 3.92. The number of nitrogens with zero attached hydrogens (tertiary/aromatic N) is 3. The van der Waals surface area contributed by atoms with Gasteiger partial charge in [0.2, 0.25) is 17.8 Å². The second-order valence-corrected chi connectivity index (χ2v) is 5.92. The van der Waals surface area contributed by atoms with Crippen LogP contribution in [-0.2, 0) is 16.1 Å². The lowest BCUT2D eigenvalue weighted by Crippen LogP contribution is -2.36. The molecule has 23 heavy (non-hydrogen) atoms. The van der Waals surface area contributed by atoms with Gasteiger partial charge in [0.1, 0.15) is 5.82 Å². The molecule has 1 aromatic carbocycles. The van der Waals surface area contributed by atoms with Gasteiger partial charge in [-0.05, 0) is 31.5 Å². The molecule has 0 saturated heterocycles. The first-order valence-electron chi connectivity index (χ1n) is 7.21. The van der Waals surface area contributed by atoms with Crippen molar-refractivity contribution in [1.29, 1.82) is 0 Å². The quantitative estimate of drug-likeness (QED) is 0.900. The van der Waals surface area contributed by atoms with Crippen molar-refractivity contribution in [3.05, 3.63) is 34.6 Å². The molecule has 7 nitrogen and oxygen atoms in total. The summed E-state index contributed by atoms with van der Waals surface area (Å²) in [6.07, 6.45) is 0.0656. The van der Waals surface area contributed by atoms with Crippen molar-refractivity contribution in [3.63, 3.8) is 0 Å². The minimum atomic E-state index is -0.483. The van der Waals surface area contributed by atoms with E-state index in [2.05, 4.69) is 20.7 Å². The van der Waals surface area contributed by atoms with Gasteiger partial charge in [0.15, 0.2) is 0 Å². The number of hydrogen-bond donors (Lipinski definition) is 2. The van der Waals surface area contributed by atoms with Crippen LogP contribution in [0.1, 0.15) is 17.8 Å². The summed E-state index contributed by atoms with van der Waals surface area (Å²) in [5.74, 6) is 0.0663. The van der Waals surface area contributed by atoms with Crippen molar-refractivity contribution in [3.8, 4) is 0 Å². The molecule has 2 aromatic rings. The third-order valence-electron chi connectivity index (χ3n) is 3.75. The minimum absolute atomic E-state index is 0.0656. The number of carbonyl (C=O) groups excluding carboxylic acids is 2. The Hall–Kier alpha value is -2.41. The Morgan fingerprint density at radius 2 is 2.26 bits per heavy atom. The molecule has 0 spiro atoms. The first kappa shape index (κ1) is 15.5. The van der Waals surface area contributed by atoms with Crippen LogP contribution in [0.5, 0.6) is 0 Å². The molecule has 0 fully saturated rings. The Kier molecular flexibility index (Phi) is 4.04. The van der Waals surface area contributed by atoms with Gasteiger partial charge in [-0.1, -0.05) is 17.7 Å². The van der Waals surface area contributed by atoms with Crippen molar-refractivity contribution in [1.82, 2.24) is 14.8 Å². The fraction of sp³-hybridized carbons (Fsp3) is 0.333. The molecular weight excluding hydrogens is 318 g/mol. The lowest BCUT2D eigenvalue weighted by atomic mass is 10.0. The van der Waals surface area contributed by atoms with Gasteiger partial charge in [-0.25, -0.2) is 4.68 Å². The van der Waals surface area contributed by atoms with Gasteiger partial charge in [0, 0.05) is 17.1 Å². The minimum Gasteiger partial charge on any atom is -0.326 e. The number of aryl methyl sites for hydroxylation is 1. The van der Waals surface area contributed by atoms with Gasteiger partial charge < -0.3 is 5.32 Å². The number of anilines is 2. The zero-order valence-electron chi connectivity index (χ0n) is 12.8. The van der Waals surface area contributed by atoms with Crippen LogP contribution in [0.25, 0.3) is 0 Å². The number of nitrogens with one attached hydrogen (secondary N) is 2. The number of fused-ring (bicyclic) bond motifs is 1. The van der Waals surface area contributed by atoms with E-state index < -0.39 is 5.92 Å². The zero-order chi connectivity index (χ0) is 16.6. The predicted molar refractivity (Wildman–Crippen MR) is 86.3 cm³/mol. The van der Waals surface area contributed by atoms with Crippen molar-refractivity contribution >= 4 is 35.1 Å². The monoisotopic (exact) mass is 333 g/mol. The molecule has 8 heteroatoms. The van der Waals surface area contributed by atoms with E-state index >= 15 is 0 Å². The van der Waals surface area contributed by atoms with Gasteiger partial charge in [-0.3, -0.25) is 14.9 Å². The third-order valence-corrected chi connectivity index (χ3v) is 4.16. The summed E-state index contributed by atoms with van der Waals surface area (Å²) in [4.78, 5) is 28.4. The molecule has 2 N–H and O–H groups in total. The van der Waals surface area contributed by atoms with Crippen molar-refractivity contribution < 1.29 is 9.59 Å². The molecule has 1 aliphatic heterocycles. The van der Waals surface area contributed by atoms with Crippen LogP contribution in [0, 0.1) is 19.8 Å². The molecule has 3 rings (SSSR count). The van der Waals surface area contributed by atoms with E-state index in [0.29, 0.717) is 29.0 Å². The normalized spacial score (nSPS) is 16.7. The molecule has 0 bridgehead atoms. The number of benzene rings is 1. The molecule has 0 saturated carbocycles. The molecule has 1 unspecified atom stereocenters. The van der Waals surface area contributed by atoms with Gasteiger partial charge in [0.05, 0.1) is 12.5 Å². The maximum absolute atomic E-state index is 12.2. The number of rotatable bonds is 3. The fourth-order valence-electron chi connectivity index (χ4n) is 2.50. The fourth-order valence-corrected chi connectivity index (χ4v) is 2.68. The van der Waals surface area contributed by atoms with E-state index in [1.54, 1.807) is 29.8 Å². The zero-order valence-corrected chi connectivity index (χ0v) is 13.5. The van der Waals surface area contributed by atoms with Crippen LogP contribution in [-0.4, -0.2) is 26.6 Å². The summed E-state index contributed by atoms with van der Waals surface area (Å²) >= 11 is 6.04. The Morgan fingerprint density at radius 3 is 3.04 bits per heavy atom. The van der Waals surface area contributed by atoms with E-state index in [9.17, 15) is 9.59 Å². The van der Waals surface area contributed by atoms with Crippen LogP contribution in [0.3, 0.4) is 0 Å². The Labute approximate surface area is 138 Å². The molecule has 120 valence electrons. The van der Waals surface area contributed by atoms with Crippen LogP contribution < -0.4 is 10.6 Å². The topological polar surface area (TPSA) is 88.9 Å².